The van der Waals surface area contributed by atoms with Crippen LogP contribution < -0.4 is 24.8 Å². The van der Waals surface area contributed by atoms with Crippen LogP contribution in [-0.4, -0.2) is 57.7 Å². The summed E-state index contributed by atoms with van der Waals surface area (Å²) < 4.78 is 15.9. The van der Waals surface area contributed by atoms with Crippen LogP contribution in [0.4, 0.5) is 11.4 Å². The number of halogens is 2. The average molecular weight is 484 g/mol. The molecule has 174 valence electrons. The minimum absolute atomic E-state index is 0.0201. The molecule has 2 amide bonds. The molecular formula is C22H27Cl2N3O5. The molecule has 32 heavy (non-hydrogen) atoms. The fourth-order valence-corrected chi connectivity index (χ4v) is 3.53. The van der Waals surface area contributed by atoms with E-state index < -0.39 is 0 Å². The van der Waals surface area contributed by atoms with Gasteiger partial charge in [0.25, 0.3) is 0 Å². The number of nitrogens with one attached hydrogen (secondary N) is 2. The standard InChI is InChI=1S/C22H27Cl2N3O5/c1-5-8-27(13-21(29)26-17-7-6-14(23)9-16(17)24)12-20(28)25-15-10-18(30-2)22(32-4)19(11-15)31-3/h6-7,9-11H,5,8,12-13H2,1-4H3,(H,25,28)(H,26,29). The van der Waals surface area contributed by atoms with Crippen molar-refractivity contribution in [1.29, 1.82) is 0 Å². The zero-order chi connectivity index (χ0) is 23.7. The number of ether oxygens (including phenoxy) is 3. The van der Waals surface area contributed by atoms with Crippen LogP contribution in [0.15, 0.2) is 30.3 Å². The maximum absolute atomic E-state index is 12.6. The van der Waals surface area contributed by atoms with Crippen LogP contribution in [0.25, 0.3) is 0 Å². The molecule has 0 fully saturated rings. The van der Waals surface area contributed by atoms with Crippen molar-refractivity contribution in [2.24, 2.45) is 0 Å². The highest BCUT2D eigenvalue weighted by Crippen LogP contribution is 2.39. The van der Waals surface area contributed by atoms with Crippen LogP contribution in [0, 0.1) is 0 Å². The molecule has 0 aliphatic heterocycles. The second-order valence-electron chi connectivity index (χ2n) is 6.85. The van der Waals surface area contributed by atoms with E-state index in [1.165, 1.54) is 21.3 Å². The van der Waals surface area contributed by atoms with E-state index in [9.17, 15) is 9.59 Å². The molecule has 2 rings (SSSR count). The predicted molar refractivity (Wildman–Crippen MR) is 127 cm³/mol. The molecule has 0 saturated carbocycles. The molecule has 8 nitrogen and oxygen atoms in total. The van der Waals surface area contributed by atoms with Crippen LogP contribution in [-0.2, 0) is 9.59 Å². The lowest BCUT2D eigenvalue weighted by atomic mass is 10.2. The Morgan fingerprint density at radius 2 is 1.50 bits per heavy atom. The fraction of sp³-hybridized carbons (Fsp3) is 0.364. The van der Waals surface area contributed by atoms with E-state index in [0.29, 0.717) is 45.2 Å². The van der Waals surface area contributed by atoms with E-state index in [4.69, 9.17) is 37.4 Å². The summed E-state index contributed by atoms with van der Waals surface area (Å²) in [5, 5.41) is 6.37. The van der Waals surface area contributed by atoms with Gasteiger partial charge in [-0.3, -0.25) is 14.5 Å². The minimum atomic E-state index is -0.289. The van der Waals surface area contributed by atoms with Gasteiger partial charge in [0.1, 0.15) is 0 Å². The number of hydrogen-bond acceptors (Lipinski definition) is 6. The second kappa shape index (κ2) is 12.4. The monoisotopic (exact) mass is 483 g/mol. The van der Waals surface area contributed by atoms with Gasteiger partial charge < -0.3 is 24.8 Å². The third-order valence-corrected chi connectivity index (χ3v) is 4.98. The van der Waals surface area contributed by atoms with E-state index in [1.807, 2.05) is 6.92 Å². The van der Waals surface area contributed by atoms with Crippen LogP contribution >= 0.6 is 23.2 Å². The second-order valence-corrected chi connectivity index (χ2v) is 7.69. The zero-order valence-electron chi connectivity index (χ0n) is 18.5. The highest BCUT2D eigenvalue weighted by atomic mass is 35.5. The van der Waals surface area contributed by atoms with Crippen LogP contribution in [0.5, 0.6) is 17.2 Å². The molecule has 2 aromatic carbocycles. The van der Waals surface area contributed by atoms with Crippen molar-refractivity contribution in [2.45, 2.75) is 13.3 Å². The first-order valence-corrected chi connectivity index (χ1v) is 10.6. The molecule has 0 heterocycles. The lowest BCUT2D eigenvalue weighted by molar-refractivity contribution is -0.120. The summed E-state index contributed by atoms with van der Waals surface area (Å²) in [6.45, 7) is 2.57. The van der Waals surface area contributed by atoms with E-state index in [2.05, 4.69) is 10.6 Å². The van der Waals surface area contributed by atoms with Gasteiger partial charge in [0, 0.05) is 22.8 Å². The number of benzene rings is 2. The summed E-state index contributed by atoms with van der Waals surface area (Å²) in [4.78, 5) is 26.9. The topological polar surface area (TPSA) is 89.1 Å². The van der Waals surface area contributed by atoms with Crippen molar-refractivity contribution in [3.63, 3.8) is 0 Å². The summed E-state index contributed by atoms with van der Waals surface area (Å²) in [6.07, 6.45) is 0.770. The predicted octanol–water partition coefficient (Wildman–Crippen LogP) is 4.31. The lowest BCUT2D eigenvalue weighted by Crippen LogP contribution is -2.39. The Morgan fingerprint density at radius 1 is 0.906 bits per heavy atom. The molecule has 0 aliphatic carbocycles. The summed E-state index contributed by atoms with van der Waals surface area (Å²) in [7, 11) is 4.50. The molecule has 2 aromatic rings. The Kier molecular flexibility index (Phi) is 9.90. The van der Waals surface area contributed by atoms with E-state index in [-0.39, 0.29) is 24.9 Å². The zero-order valence-corrected chi connectivity index (χ0v) is 20.0. The van der Waals surface area contributed by atoms with E-state index >= 15 is 0 Å². The van der Waals surface area contributed by atoms with Crippen molar-refractivity contribution < 1.29 is 23.8 Å². The quantitative estimate of drug-likeness (QED) is 0.494. The average Bonchev–Trinajstić information content (AvgIpc) is 2.74. The molecule has 0 radical (unpaired) electrons. The molecule has 0 bridgehead atoms. The van der Waals surface area contributed by atoms with Gasteiger partial charge >= 0.3 is 0 Å². The number of amides is 2. The van der Waals surface area contributed by atoms with Gasteiger partial charge in [-0.25, -0.2) is 0 Å². The van der Waals surface area contributed by atoms with Crippen molar-refractivity contribution >= 4 is 46.4 Å². The van der Waals surface area contributed by atoms with Gasteiger partial charge in [0.15, 0.2) is 11.5 Å². The van der Waals surface area contributed by atoms with Crippen LogP contribution in [0.1, 0.15) is 13.3 Å². The first kappa shape index (κ1) is 25.6. The van der Waals surface area contributed by atoms with Gasteiger partial charge in [-0.05, 0) is 31.2 Å². The minimum Gasteiger partial charge on any atom is -0.493 e. The van der Waals surface area contributed by atoms with Gasteiger partial charge in [-0.1, -0.05) is 30.1 Å². The summed E-state index contributed by atoms with van der Waals surface area (Å²) in [5.41, 5.74) is 0.942. The summed E-state index contributed by atoms with van der Waals surface area (Å²) in [5.74, 6) is 0.699. The third-order valence-electron chi connectivity index (χ3n) is 4.43. The molecule has 10 heteroatoms. The number of methoxy groups -OCH3 is 3. The summed E-state index contributed by atoms with van der Waals surface area (Å²) >= 11 is 12.0. The number of hydrogen-bond donors (Lipinski definition) is 2. The first-order chi connectivity index (χ1) is 15.3. The highest BCUT2D eigenvalue weighted by Gasteiger charge is 2.18. The van der Waals surface area contributed by atoms with E-state index in [0.717, 1.165) is 6.42 Å². The fourth-order valence-electron chi connectivity index (χ4n) is 3.07. The van der Waals surface area contributed by atoms with Gasteiger partial charge in [-0.2, -0.15) is 0 Å². The molecule has 0 aliphatic rings. The number of nitrogens with zero attached hydrogens (tertiary/aromatic N) is 1. The molecule has 0 aromatic heterocycles. The SMILES string of the molecule is CCCN(CC(=O)Nc1cc(OC)c(OC)c(OC)c1)CC(=O)Nc1ccc(Cl)cc1Cl. The smallest absolute Gasteiger partial charge is 0.238 e. The lowest BCUT2D eigenvalue weighted by Gasteiger charge is -2.21. The number of carbonyl (C=O) groups excluding carboxylic acids is 2. The number of anilines is 2. The van der Waals surface area contributed by atoms with Gasteiger partial charge in [-0.15, -0.1) is 0 Å². The maximum Gasteiger partial charge on any atom is 0.238 e. The van der Waals surface area contributed by atoms with E-state index in [1.54, 1.807) is 35.2 Å². The highest BCUT2D eigenvalue weighted by molar-refractivity contribution is 6.36. The molecule has 0 spiro atoms. The van der Waals surface area contributed by atoms with Gasteiger partial charge in [0.05, 0.1) is 45.1 Å². The Labute approximate surface area is 197 Å². The Hall–Kier alpha value is -2.68. The normalized spacial score (nSPS) is 10.6. The number of carbonyl (C=O) groups is 2. The number of rotatable bonds is 11. The Morgan fingerprint density at radius 3 is 2.00 bits per heavy atom. The molecule has 0 unspecified atom stereocenters. The molecule has 2 N–H and O–H groups in total. The third kappa shape index (κ3) is 7.19. The Balaban J connectivity index is 2.04. The summed E-state index contributed by atoms with van der Waals surface area (Å²) in [6, 6.07) is 8.09. The molecule has 0 saturated heterocycles. The van der Waals surface area contributed by atoms with Gasteiger partial charge in [0.2, 0.25) is 17.6 Å². The largest absolute Gasteiger partial charge is 0.493 e. The van der Waals surface area contributed by atoms with Crippen LogP contribution in [0.2, 0.25) is 10.0 Å². The maximum atomic E-state index is 12.6. The van der Waals surface area contributed by atoms with Crippen LogP contribution in [0.3, 0.4) is 0 Å². The van der Waals surface area contributed by atoms with Crippen molar-refractivity contribution in [2.75, 3.05) is 51.6 Å². The molecular weight excluding hydrogens is 457 g/mol. The Bertz CT molecular complexity index is 930. The van der Waals surface area contributed by atoms with Crippen molar-refractivity contribution in [3.05, 3.63) is 40.4 Å². The molecule has 0 atom stereocenters. The van der Waals surface area contributed by atoms with Crippen molar-refractivity contribution in [1.82, 2.24) is 4.90 Å². The first-order valence-electron chi connectivity index (χ1n) is 9.88. The van der Waals surface area contributed by atoms with Crippen molar-refractivity contribution in [3.8, 4) is 17.2 Å².